The van der Waals surface area contributed by atoms with Crippen molar-refractivity contribution in [1.29, 1.82) is 0 Å². The number of rotatable bonds is 3. The maximum absolute atomic E-state index is 11.4. The second kappa shape index (κ2) is 5.74. The highest BCUT2D eigenvalue weighted by Gasteiger charge is 2.24. The number of sulfone groups is 1. The standard InChI is InChI=1S/C12H17N3O4S/c1-8-7-10(15-11(13-8)12(16)19-2)14-9-3-5-20(17,18)6-4-9/h7,9H,3-6H2,1-2H3,(H,13,14,15). The van der Waals surface area contributed by atoms with Crippen molar-refractivity contribution in [3.63, 3.8) is 0 Å². The van der Waals surface area contributed by atoms with Gasteiger partial charge in [0, 0.05) is 17.8 Å². The molecule has 7 nitrogen and oxygen atoms in total. The highest BCUT2D eigenvalue weighted by molar-refractivity contribution is 7.91. The van der Waals surface area contributed by atoms with Gasteiger partial charge in [-0.2, -0.15) is 0 Å². The Hall–Kier alpha value is -1.70. The van der Waals surface area contributed by atoms with E-state index in [0.717, 1.165) is 0 Å². The number of aromatic nitrogens is 2. The number of nitrogens with zero attached hydrogens (tertiary/aromatic N) is 2. The molecule has 8 heteroatoms. The third-order valence-electron chi connectivity index (χ3n) is 3.13. The molecule has 0 saturated carbocycles. The van der Waals surface area contributed by atoms with Crippen LogP contribution in [0, 0.1) is 6.92 Å². The summed E-state index contributed by atoms with van der Waals surface area (Å²) in [5.41, 5.74) is 0.645. The zero-order valence-electron chi connectivity index (χ0n) is 11.4. The van der Waals surface area contributed by atoms with Gasteiger partial charge in [-0.3, -0.25) is 0 Å². The van der Waals surface area contributed by atoms with E-state index in [9.17, 15) is 13.2 Å². The minimum Gasteiger partial charge on any atom is -0.463 e. The number of anilines is 1. The second-order valence-electron chi connectivity index (χ2n) is 4.78. The first kappa shape index (κ1) is 14.7. The molecule has 1 fully saturated rings. The third-order valence-corrected chi connectivity index (χ3v) is 4.84. The van der Waals surface area contributed by atoms with Crippen LogP contribution in [0.1, 0.15) is 29.2 Å². The maximum Gasteiger partial charge on any atom is 0.376 e. The molecule has 2 heterocycles. The van der Waals surface area contributed by atoms with Crippen LogP contribution in [0.2, 0.25) is 0 Å². The molecule has 0 aliphatic carbocycles. The lowest BCUT2D eigenvalue weighted by Crippen LogP contribution is -2.32. The lowest BCUT2D eigenvalue weighted by Gasteiger charge is -2.23. The van der Waals surface area contributed by atoms with Gasteiger partial charge in [0.25, 0.3) is 0 Å². The molecule has 0 aromatic carbocycles. The highest BCUT2D eigenvalue weighted by Crippen LogP contribution is 2.17. The SMILES string of the molecule is COC(=O)c1nc(C)cc(NC2CCS(=O)(=O)CC2)n1. The Morgan fingerprint density at radius 3 is 2.60 bits per heavy atom. The molecule has 1 aromatic heterocycles. The molecule has 1 aliphatic heterocycles. The van der Waals surface area contributed by atoms with Gasteiger partial charge >= 0.3 is 5.97 Å². The van der Waals surface area contributed by atoms with Gasteiger partial charge in [-0.25, -0.2) is 23.2 Å². The molecule has 0 radical (unpaired) electrons. The Labute approximate surface area is 117 Å². The van der Waals surface area contributed by atoms with Crippen molar-refractivity contribution in [2.24, 2.45) is 0 Å². The normalized spacial score (nSPS) is 18.5. The number of nitrogens with one attached hydrogen (secondary N) is 1. The monoisotopic (exact) mass is 299 g/mol. The minimum absolute atomic E-state index is 0.00145. The Balaban J connectivity index is 2.10. The number of hydrogen-bond acceptors (Lipinski definition) is 7. The summed E-state index contributed by atoms with van der Waals surface area (Å²) >= 11 is 0. The first-order chi connectivity index (χ1) is 9.39. The fraction of sp³-hybridized carbons (Fsp3) is 0.583. The fourth-order valence-electron chi connectivity index (χ4n) is 2.07. The third kappa shape index (κ3) is 3.66. The smallest absolute Gasteiger partial charge is 0.376 e. The number of methoxy groups -OCH3 is 1. The van der Waals surface area contributed by atoms with Gasteiger partial charge in [-0.05, 0) is 19.8 Å². The van der Waals surface area contributed by atoms with Crippen LogP contribution >= 0.6 is 0 Å². The fourth-order valence-corrected chi connectivity index (χ4v) is 3.56. The molecule has 1 saturated heterocycles. The Morgan fingerprint density at radius 2 is 2.00 bits per heavy atom. The van der Waals surface area contributed by atoms with Crippen LogP contribution < -0.4 is 5.32 Å². The molecule has 20 heavy (non-hydrogen) atoms. The van der Waals surface area contributed by atoms with Crippen molar-refractivity contribution in [2.45, 2.75) is 25.8 Å². The van der Waals surface area contributed by atoms with Gasteiger partial charge in [0.2, 0.25) is 5.82 Å². The van der Waals surface area contributed by atoms with Crippen molar-refractivity contribution in [3.8, 4) is 0 Å². The van der Waals surface area contributed by atoms with Crippen LogP contribution in [0.15, 0.2) is 6.07 Å². The largest absolute Gasteiger partial charge is 0.463 e. The molecular formula is C12H17N3O4S. The summed E-state index contributed by atoms with van der Waals surface area (Å²) in [6, 6.07) is 1.76. The van der Waals surface area contributed by atoms with Crippen molar-refractivity contribution in [2.75, 3.05) is 23.9 Å². The van der Waals surface area contributed by atoms with E-state index in [0.29, 0.717) is 24.4 Å². The van der Waals surface area contributed by atoms with Crippen molar-refractivity contribution < 1.29 is 17.9 Å². The summed E-state index contributed by atoms with van der Waals surface area (Å²) in [7, 11) is -1.62. The van der Waals surface area contributed by atoms with Crippen molar-refractivity contribution in [1.82, 2.24) is 9.97 Å². The number of hydrogen-bond donors (Lipinski definition) is 1. The predicted octanol–water partition coefficient (Wildman–Crippen LogP) is 0.561. The van der Waals surface area contributed by atoms with E-state index >= 15 is 0 Å². The van der Waals surface area contributed by atoms with Crippen LogP contribution in [0.4, 0.5) is 5.82 Å². The van der Waals surface area contributed by atoms with Gasteiger partial charge in [0.15, 0.2) is 0 Å². The van der Waals surface area contributed by atoms with Gasteiger partial charge in [0.1, 0.15) is 15.7 Å². The first-order valence-corrected chi connectivity index (χ1v) is 8.13. The second-order valence-corrected chi connectivity index (χ2v) is 7.08. The molecule has 0 bridgehead atoms. The van der Waals surface area contributed by atoms with E-state index in [1.807, 2.05) is 0 Å². The van der Waals surface area contributed by atoms with Gasteiger partial charge in [-0.15, -0.1) is 0 Å². The van der Waals surface area contributed by atoms with Crippen molar-refractivity contribution in [3.05, 3.63) is 17.6 Å². The lowest BCUT2D eigenvalue weighted by molar-refractivity contribution is 0.0586. The van der Waals surface area contributed by atoms with Crippen LogP contribution in [0.25, 0.3) is 0 Å². The molecule has 0 unspecified atom stereocenters. The number of ether oxygens (including phenoxy) is 1. The van der Waals surface area contributed by atoms with E-state index in [1.54, 1.807) is 13.0 Å². The Kier molecular flexibility index (Phi) is 4.22. The van der Waals surface area contributed by atoms with Crippen LogP contribution in [-0.2, 0) is 14.6 Å². The van der Waals surface area contributed by atoms with Gasteiger partial charge in [-0.1, -0.05) is 0 Å². The number of aryl methyl sites for hydroxylation is 1. The summed E-state index contributed by atoms with van der Waals surface area (Å²) in [6.45, 7) is 1.75. The van der Waals surface area contributed by atoms with Crippen LogP contribution in [0.5, 0.6) is 0 Å². The lowest BCUT2D eigenvalue weighted by atomic mass is 10.1. The zero-order chi connectivity index (χ0) is 14.8. The highest BCUT2D eigenvalue weighted by atomic mass is 32.2. The molecule has 2 rings (SSSR count). The average molecular weight is 299 g/mol. The van der Waals surface area contributed by atoms with E-state index in [2.05, 4.69) is 20.0 Å². The topological polar surface area (TPSA) is 98.2 Å². The van der Waals surface area contributed by atoms with E-state index < -0.39 is 15.8 Å². The molecule has 110 valence electrons. The van der Waals surface area contributed by atoms with Crippen LogP contribution in [-0.4, -0.2) is 49.0 Å². The molecule has 0 amide bonds. The number of carbonyl (C=O) groups excluding carboxylic acids is 1. The Morgan fingerprint density at radius 1 is 1.35 bits per heavy atom. The van der Waals surface area contributed by atoms with E-state index in [1.165, 1.54) is 7.11 Å². The van der Waals surface area contributed by atoms with E-state index in [-0.39, 0.29) is 23.4 Å². The zero-order valence-corrected chi connectivity index (χ0v) is 12.2. The van der Waals surface area contributed by atoms with Crippen LogP contribution in [0.3, 0.4) is 0 Å². The maximum atomic E-state index is 11.4. The summed E-state index contributed by atoms with van der Waals surface area (Å²) in [5.74, 6) is 0.278. The number of carbonyl (C=O) groups is 1. The molecule has 0 spiro atoms. The quantitative estimate of drug-likeness (QED) is 0.814. The first-order valence-electron chi connectivity index (χ1n) is 6.30. The summed E-state index contributed by atoms with van der Waals surface area (Å²) in [4.78, 5) is 19.5. The summed E-state index contributed by atoms with van der Waals surface area (Å²) in [6.07, 6.45) is 1.08. The predicted molar refractivity (Wildman–Crippen MR) is 73.4 cm³/mol. The van der Waals surface area contributed by atoms with Gasteiger partial charge < -0.3 is 10.1 Å². The average Bonchev–Trinajstić information content (AvgIpc) is 2.39. The minimum atomic E-state index is -2.89. The Bertz CT molecular complexity index is 601. The summed E-state index contributed by atoms with van der Waals surface area (Å²) < 4.78 is 27.3. The van der Waals surface area contributed by atoms with Gasteiger partial charge in [0.05, 0.1) is 18.6 Å². The molecular weight excluding hydrogens is 282 g/mol. The van der Waals surface area contributed by atoms with E-state index in [4.69, 9.17) is 0 Å². The molecule has 1 N–H and O–H groups in total. The van der Waals surface area contributed by atoms with Crippen molar-refractivity contribution >= 4 is 21.6 Å². The molecule has 1 aromatic rings. The molecule has 1 aliphatic rings. The number of esters is 1. The molecule has 0 atom stereocenters. The summed E-state index contributed by atoms with van der Waals surface area (Å²) in [5, 5.41) is 3.16.